The summed E-state index contributed by atoms with van der Waals surface area (Å²) in [6, 6.07) is 15.9. The number of nitrogens with one attached hydrogen (secondary N) is 1. The number of nitrogens with zero attached hydrogens (tertiary/aromatic N) is 3. The summed E-state index contributed by atoms with van der Waals surface area (Å²) in [5.74, 6) is 0. The van der Waals surface area contributed by atoms with Crippen molar-refractivity contribution < 1.29 is 0 Å². The van der Waals surface area contributed by atoms with Gasteiger partial charge in [0, 0.05) is 17.3 Å². The molecule has 20 heavy (non-hydrogen) atoms. The van der Waals surface area contributed by atoms with Crippen LogP contribution in [0, 0.1) is 0 Å². The molecule has 0 aliphatic heterocycles. The minimum atomic E-state index is 0.728. The molecule has 0 fully saturated rings. The quantitative estimate of drug-likeness (QED) is 0.797. The van der Waals surface area contributed by atoms with E-state index in [-0.39, 0.29) is 0 Å². The second-order valence-corrected chi connectivity index (χ2v) is 4.84. The highest BCUT2D eigenvalue weighted by Crippen LogP contribution is 2.16. The zero-order chi connectivity index (χ0) is 13.8. The van der Waals surface area contributed by atoms with Crippen LogP contribution in [0.4, 0.5) is 5.69 Å². The number of hydrogen-bond donors (Lipinski definition) is 1. The predicted octanol–water partition coefficient (Wildman–Crippen LogP) is 3.53. The van der Waals surface area contributed by atoms with E-state index >= 15 is 0 Å². The molecule has 0 spiro atoms. The standard InChI is InChI=1S/C15H13ClN4/c16-13-4-1-3-12(7-13)9-17-14-5-2-6-15(8-14)20-10-18-19-11-20/h1-8,10-11,17H,9H2. The fourth-order valence-corrected chi connectivity index (χ4v) is 2.17. The van der Waals surface area contributed by atoms with E-state index in [1.54, 1.807) is 12.7 Å². The first-order valence-corrected chi connectivity index (χ1v) is 6.62. The van der Waals surface area contributed by atoms with Crippen molar-refractivity contribution in [1.82, 2.24) is 14.8 Å². The zero-order valence-corrected chi connectivity index (χ0v) is 11.5. The van der Waals surface area contributed by atoms with Crippen LogP contribution in [0.1, 0.15) is 5.56 Å². The number of aromatic nitrogens is 3. The van der Waals surface area contributed by atoms with Gasteiger partial charge in [-0.3, -0.25) is 4.57 Å². The fourth-order valence-electron chi connectivity index (χ4n) is 1.96. The van der Waals surface area contributed by atoms with Crippen LogP contribution in [0.2, 0.25) is 5.02 Å². The van der Waals surface area contributed by atoms with Crippen LogP contribution in [0.25, 0.3) is 5.69 Å². The van der Waals surface area contributed by atoms with Crippen LogP contribution in [0.15, 0.2) is 61.2 Å². The van der Waals surface area contributed by atoms with E-state index in [0.717, 1.165) is 28.5 Å². The van der Waals surface area contributed by atoms with E-state index in [2.05, 4.69) is 15.5 Å². The highest BCUT2D eigenvalue weighted by Gasteiger charge is 1.99. The molecule has 0 aliphatic carbocycles. The monoisotopic (exact) mass is 284 g/mol. The molecular weight excluding hydrogens is 272 g/mol. The Morgan fingerprint density at radius 3 is 2.60 bits per heavy atom. The molecule has 4 nitrogen and oxygen atoms in total. The van der Waals surface area contributed by atoms with Gasteiger partial charge in [0.25, 0.3) is 0 Å². The summed E-state index contributed by atoms with van der Waals surface area (Å²) < 4.78 is 1.87. The molecule has 2 aromatic carbocycles. The van der Waals surface area contributed by atoms with Gasteiger partial charge in [-0.05, 0) is 35.9 Å². The van der Waals surface area contributed by atoms with Crippen LogP contribution in [-0.4, -0.2) is 14.8 Å². The first kappa shape index (κ1) is 12.7. The van der Waals surface area contributed by atoms with Crippen LogP contribution < -0.4 is 5.32 Å². The minimum absolute atomic E-state index is 0.728. The fraction of sp³-hybridized carbons (Fsp3) is 0.0667. The van der Waals surface area contributed by atoms with E-state index < -0.39 is 0 Å². The average molecular weight is 285 g/mol. The molecule has 100 valence electrons. The molecule has 3 aromatic rings. The van der Waals surface area contributed by atoms with Crippen molar-refractivity contribution in [3.05, 3.63) is 71.8 Å². The maximum absolute atomic E-state index is 5.97. The Morgan fingerprint density at radius 2 is 1.80 bits per heavy atom. The van der Waals surface area contributed by atoms with Crippen molar-refractivity contribution in [2.24, 2.45) is 0 Å². The summed E-state index contributed by atoms with van der Waals surface area (Å²) in [6.07, 6.45) is 3.35. The van der Waals surface area contributed by atoms with Crippen molar-refractivity contribution in [3.63, 3.8) is 0 Å². The van der Waals surface area contributed by atoms with Gasteiger partial charge >= 0.3 is 0 Å². The summed E-state index contributed by atoms with van der Waals surface area (Å²) in [5.41, 5.74) is 3.20. The lowest BCUT2D eigenvalue weighted by Gasteiger charge is -2.09. The van der Waals surface area contributed by atoms with E-state index in [0.29, 0.717) is 0 Å². The molecule has 0 bridgehead atoms. The summed E-state index contributed by atoms with van der Waals surface area (Å²) in [4.78, 5) is 0. The Hall–Kier alpha value is -2.33. The van der Waals surface area contributed by atoms with Crippen molar-refractivity contribution in [3.8, 4) is 5.69 Å². The van der Waals surface area contributed by atoms with Crippen LogP contribution in [0.3, 0.4) is 0 Å². The van der Waals surface area contributed by atoms with Gasteiger partial charge < -0.3 is 5.32 Å². The largest absolute Gasteiger partial charge is 0.381 e. The maximum Gasteiger partial charge on any atom is 0.123 e. The molecule has 0 amide bonds. The van der Waals surface area contributed by atoms with Crippen molar-refractivity contribution in [1.29, 1.82) is 0 Å². The van der Waals surface area contributed by atoms with Crippen molar-refractivity contribution >= 4 is 17.3 Å². The number of halogens is 1. The minimum Gasteiger partial charge on any atom is -0.381 e. The first-order valence-electron chi connectivity index (χ1n) is 6.25. The second-order valence-electron chi connectivity index (χ2n) is 4.40. The van der Waals surface area contributed by atoms with Crippen LogP contribution >= 0.6 is 11.6 Å². The molecule has 0 aliphatic rings. The third kappa shape index (κ3) is 2.97. The maximum atomic E-state index is 5.97. The van der Waals surface area contributed by atoms with Crippen LogP contribution in [0.5, 0.6) is 0 Å². The third-order valence-electron chi connectivity index (χ3n) is 2.95. The lowest BCUT2D eigenvalue weighted by atomic mass is 10.2. The van der Waals surface area contributed by atoms with Gasteiger partial charge in [0.2, 0.25) is 0 Å². The summed E-state index contributed by atoms with van der Waals surface area (Å²) in [7, 11) is 0. The Kier molecular flexibility index (Phi) is 3.65. The lowest BCUT2D eigenvalue weighted by Crippen LogP contribution is -2.00. The van der Waals surface area contributed by atoms with Gasteiger partial charge in [-0.25, -0.2) is 0 Å². The van der Waals surface area contributed by atoms with Crippen LogP contribution in [-0.2, 0) is 6.54 Å². The SMILES string of the molecule is Clc1cccc(CNc2cccc(-n3cnnc3)c2)c1. The molecule has 1 aromatic heterocycles. The molecule has 1 heterocycles. The van der Waals surface area contributed by atoms with Gasteiger partial charge in [-0.15, -0.1) is 10.2 Å². The molecule has 0 saturated carbocycles. The van der Waals surface area contributed by atoms with E-state index in [4.69, 9.17) is 11.6 Å². The lowest BCUT2D eigenvalue weighted by molar-refractivity contribution is 1.05. The number of hydrogen-bond acceptors (Lipinski definition) is 3. The molecule has 5 heteroatoms. The smallest absolute Gasteiger partial charge is 0.123 e. The van der Waals surface area contributed by atoms with Gasteiger partial charge in [0.15, 0.2) is 0 Å². The number of benzene rings is 2. The molecule has 0 unspecified atom stereocenters. The molecule has 1 N–H and O–H groups in total. The zero-order valence-electron chi connectivity index (χ0n) is 10.7. The predicted molar refractivity (Wildman–Crippen MR) is 80.1 cm³/mol. The van der Waals surface area contributed by atoms with Gasteiger partial charge in [-0.1, -0.05) is 29.8 Å². The Bertz CT molecular complexity index is 695. The molecular formula is C15H13ClN4. The van der Waals surface area contributed by atoms with Gasteiger partial charge in [-0.2, -0.15) is 0 Å². The highest BCUT2D eigenvalue weighted by atomic mass is 35.5. The van der Waals surface area contributed by atoms with E-state index in [9.17, 15) is 0 Å². The topological polar surface area (TPSA) is 42.7 Å². The summed E-state index contributed by atoms with van der Waals surface area (Å²) >= 11 is 5.97. The average Bonchev–Trinajstić information content (AvgIpc) is 3.00. The Labute approximate surface area is 122 Å². The number of anilines is 1. The van der Waals surface area contributed by atoms with Gasteiger partial charge in [0.1, 0.15) is 12.7 Å². The summed E-state index contributed by atoms with van der Waals surface area (Å²) in [6.45, 7) is 0.728. The molecule has 3 rings (SSSR count). The highest BCUT2D eigenvalue weighted by molar-refractivity contribution is 6.30. The van der Waals surface area contributed by atoms with Gasteiger partial charge in [0.05, 0.1) is 5.69 Å². The first-order chi connectivity index (χ1) is 9.81. The summed E-state index contributed by atoms with van der Waals surface area (Å²) in [5, 5.41) is 11.7. The number of rotatable bonds is 4. The van der Waals surface area contributed by atoms with Crippen molar-refractivity contribution in [2.75, 3.05) is 5.32 Å². The normalized spacial score (nSPS) is 10.4. The Balaban J connectivity index is 1.73. The third-order valence-corrected chi connectivity index (χ3v) is 3.18. The Morgan fingerprint density at radius 1 is 1.00 bits per heavy atom. The molecule has 0 radical (unpaired) electrons. The van der Waals surface area contributed by atoms with E-state index in [1.165, 1.54) is 0 Å². The van der Waals surface area contributed by atoms with Crippen molar-refractivity contribution in [2.45, 2.75) is 6.54 Å². The van der Waals surface area contributed by atoms with E-state index in [1.807, 2.05) is 53.1 Å². The molecule has 0 atom stereocenters. The molecule has 0 saturated heterocycles. The second kappa shape index (κ2) is 5.75.